The fourth-order valence-electron chi connectivity index (χ4n) is 3.04. The van der Waals surface area contributed by atoms with Gasteiger partial charge in [-0.05, 0) is 24.3 Å². The zero-order chi connectivity index (χ0) is 15.3. The van der Waals surface area contributed by atoms with Crippen molar-refractivity contribution in [2.45, 2.75) is 38.5 Å². The average molecular weight is 311 g/mol. The van der Waals surface area contributed by atoms with Gasteiger partial charge < -0.3 is 5.11 Å². The van der Waals surface area contributed by atoms with Crippen LogP contribution in [0.15, 0.2) is 30.3 Å². The van der Waals surface area contributed by atoms with Gasteiger partial charge in [0.15, 0.2) is 0 Å². The fraction of sp³-hybridized carbons (Fsp3) is 0.625. The molecule has 0 bridgehead atoms. The van der Waals surface area contributed by atoms with Crippen molar-refractivity contribution >= 4 is 10.0 Å². The molecule has 1 aliphatic rings. The Hall–Kier alpha value is -0.910. The van der Waals surface area contributed by atoms with E-state index in [1.54, 1.807) is 0 Å². The molecule has 1 unspecified atom stereocenters. The first-order valence-corrected chi connectivity index (χ1v) is 9.25. The zero-order valence-electron chi connectivity index (χ0n) is 12.6. The normalized spacial score (nSPS) is 19.5. The zero-order valence-corrected chi connectivity index (χ0v) is 13.4. The van der Waals surface area contributed by atoms with Crippen LogP contribution in [0.1, 0.15) is 44.1 Å². The van der Waals surface area contributed by atoms with E-state index in [4.69, 9.17) is 0 Å². The third-order valence-electron chi connectivity index (χ3n) is 4.50. The number of hydrogen-bond acceptors (Lipinski definition) is 3. The van der Waals surface area contributed by atoms with E-state index in [9.17, 15) is 13.5 Å². The Balaban J connectivity index is 1.93. The molecule has 0 saturated heterocycles. The molecule has 0 aromatic heterocycles. The summed E-state index contributed by atoms with van der Waals surface area (Å²) in [6, 6.07) is 9.67. The van der Waals surface area contributed by atoms with Crippen molar-refractivity contribution in [1.29, 1.82) is 0 Å². The van der Waals surface area contributed by atoms with Crippen molar-refractivity contribution < 1.29 is 13.5 Å². The van der Waals surface area contributed by atoms with Gasteiger partial charge in [-0.25, -0.2) is 13.1 Å². The molecule has 1 atom stereocenters. The summed E-state index contributed by atoms with van der Waals surface area (Å²) in [7, 11) is -3.33. The van der Waals surface area contributed by atoms with Gasteiger partial charge in [0.25, 0.3) is 0 Å². The third kappa shape index (κ3) is 4.53. The molecule has 21 heavy (non-hydrogen) atoms. The Morgan fingerprint density at radius 2 is 1.86 bits per heavy atom. The Kier molecular flexibility index (Phi) is 5.41. The number of rotatable bonds is 7. The second-order valence-electron chi connectivity index (χ2n) is 6.28. The predicted octanol–water partition coefficient (Wildman–Crippen LogP) is 2.26. The van der Waals surface area contributed by atoms with Crippen LogP contribution in [0.5, 0.6) is 0 Å². The first-order valence-electron chi connectivity index (χ1n) is 7.60. The molecule has 1 aromatic rings. The van der Waals surface area contributed by atoms with Crippen LogP contribution in [0.25, 0.3) is 0 Å². The Bertz CT molecular complexity index is 536. The van der Waals surface area contributed by atoms with Gasteiger partial charge in [0.1, 0.15) is 0 Å². The summed E-state index contributed by atoms with van der Waals surface area (Å²) < 4.78 is 27.2. The molecule has 0 aliphatic heterocycles. The van der Waals surface area contributed by atoms with E-state index in [1.165, 1.54) is 0 Å². The number of benzene rings is 1. The van der Waals surface area contributed by atoms with Gasteiger partial charge in [0, 0.05) is 18.6 Å². The summed E-state index contributed by atoms with van der Waals surface area (Å²) in [5.41, 5.74) is 0.781. The van der Waals surface area contributed by atoms with Crippen molar-refractivity contribution in [2.75, 3.05) is 18.9 Å². The lowest BCUT2D eigenvalue weighted by Crippen LogP contribution is -2.39. The van der Waals surface area contributed by atoms with E-state index in [2.05, 4.69) is 4.72 Å². The molecule has 2 rings (SSSR count). The minimum Gasteiger partial charge on any atom is -0.396 e. The van der Waals surface area contributed by atoms with Crippen LogP contribution in [0.2, 0.25) is 0 Å². The highest BCUT2D eigenvalue weighted by Crippen LogP contribution is 2.37. The summed E-state index contributed by atoms with van der Waals surface area (Å²) in [4.78, 5) is 0. The molecule has 1 aromatic carbocycles. The monoisotopic (exact) mass is 311 g/mol. The van der Waals surface area contributed by atoms with E-state index >= 15 is 0 Å². The molecule has 5 heteroatoms. The van der Waals surface area contributed by atoms with Crippen LogP contribution < -0.4 is 4.72 Å². The lowest BCUT2D eigenvalue weighted by Gasteiger charge is -2.26. The highest BCUT2D eigenvalue weighted by molar-refractivity contribution is 7.89. The lowest BCUT2D eigenvalue weighted by atomic mass is 9.88. The predicted molar refractivity (Wildman–Crippen MR) is 84.6 cm³/mol. The summed E-state index contributed by atoms with van der Waals surface area (Å²) in [5.74, 6) is 0.0378. The highest BCUT2D eigenvalue weighted by Gasteiger charge is 2.34. The first kappa shape index (κ1) is 16.5. The molecule has 2 N–H and O–H groups in total. The maximum Gasteiger partial charge on any atom is 0.212 e. The van der Waals surface area contributed by atoms with Gasteiger partial charge in [-0.15, -0.1) is 0 Å². The summed E-state index contributed by atoms with van der Waals surface area (Å²) in [6.07, 6.45) is 3.95. The van der Waals surface area contributed by atoms with E-state index in [1.807, 2.05) is 37.3 Å². The van der Waals surface area contributed by atoms with Crippen LogP contribution in [-0.4, -0.2) is 32.4 Å². The van der Waals surface area contributed by atoms with Crippen molar-refractivity contribution in [1.82, 2.24) is 4.72 Å². The van der Waals surface area contributed by atoms with E-state index in [0.717, 1.165) is 31.2 Å². The van der Waals surface area contributed by atoms with Gasteiger partial charge in [-0.2, -0.15) is 0 Å². The van der Waals surface area contributed by atoms with Crippen LogP contribution >= 0.6 is 0 Å². The number of aliphatic hydroxyl groups is 1. The number of sulfonamides is 1. The molecule has 1 fully saturated rings. The second kappa shape index (κ2) is 6.90. The van der Waals surface area contributed by atoms with Gasteiger partial charge in [-0.3, -0.25) is 0 Å². The first-order chi connectivity index (χ1) is 9.96. The van der Waals surface area contributed by atoms with Crippen LogP contribution in [0, 0.1) is 5.41 Å². The van der Waals surface area contributed by atoms with Gasteiger partial charge in [-0.1, -0.05) is 50.1 Å². The molecule has 1 aliphatic carbocycles. The molecular weight excluding hydrogens is 286 g/mol. The van der Waals surface area contributed by atoms with Crippen LogP contribution in [0.4, 0.5) is 0 Å². The minimum atomic E-state index is -3.33. The average Bonchev–Trinajstić information content (AvgIpc) is 2.95. The lowest BCUT2D eigenvalue weighted by molar-refractivity contribution is 0.134. The molecule has 0 amide bonds. The maximum absolute atomic E-state index is 12.2. The second-order valence-corrected chi connectivity index (χ2v) is 8.13. The fourth-order valence-corrected chi connectivity index (χ4v) is 4.54. The Morgan fingerprint density at radius 1 is 1.24 bits per heavy atom. The van der Waals surface area contributed by atoms with Crippen LogP contribution in [-0.2, 0) is 10.0 Å². The molecule has 1 saturated carbocycles. The molecule has 0 spiro atoms. The Morgan fingerprint density at radius 3 is 2.43 bits per heavy atom. The number of hydrogen-bond donors (Lipinski definition) is 2. The summed E-state index contributed by atoms with van der Waals surface area (Å²) >= 11 is 0. The molecule has 0 radical (unpaired) electrons. The number of nitrogens with one attached hydrogen (secondary N) is 1. The molecule has 0 heterocycles. The Labute approximate surface area is 127 Å². The van der Waals surface area contributed by atoms with Crippen LogP contribution in [0.3, 0.4) is 0 Å². The van der Waals surface area contributed by atoms with Crippen molar-refractivity contribution in [2.24, 2.45) is 5.41 Å². The van der Waals surface area contributed by atoms with Crippen molar-refractivity contribution in [3.63, 3.8) is 0 Å². The summed E-state index contributed by atoms with van der Waals surface area (Å²) in [5, 5.41) is 9.54. The molecule has 118 valence electrons. The topological polar surface area (TPSA) is 66.4 Å². The van der Waals surface area contributed by atoms with E-state index in [-0.39, 0.29) is 23.7 Å². The third-order valence-corrected chi connectivity index (χ3v) is 6.03. The van der Waals surface area contributed by atoms with Crippen molar-refractivity contribution in [3.8, 4) is 0 Å². The SMILES string of the molecule is CC(CS(=O)(=O)NCC1(CO)CCCC1)c1ccccc1. The highest BCUT2D eigenvalue weighted by atomic mass is 32.2. The van der Waals surface area contributed by atoms with E-state index in [0.29, 0.717) is 6.54 Å². The van der Waals surface area contributed by atoms with E-state index < -0.39 is 10.0 Å². The minimum absolute atomic E-state index is 0.0441. The summed E-state index contributed by atoms with van der Waals surface area (Å²) in [6.45, 7) is 2.34. The molecule has 4 nitrogen and oxygen atoms in total. The smallest absolute Gasteiger partial charge is 0.212 e. The quantitative estimate of drug-likeness (QED) is 0.812. The standard InChI is InChI=1S/C16H25NO3S/c1-14(15-7-3-2-4-8-15)11-21(19,20)17-12-16(13-18)9-5-6-10-16/h2-4,7-8,14,17-18H,5-6,9-13H2,1H3. The van der Waals surface area contributed by atoms with Crippen molar-refractivity contribution in [3.05, 3.63) is 35.9 Å². The largest absolute Gasteiger partial charge is 0.396 e. The number of aliphatic hydroxyl groups excluding tert-OH is 1. The van der Waals surface area contributed by atoms with Gasteiger partial charge in [0.05, 0.1) is 5.75 Å². The maximum atomic E-state index is 12.2. The molecular formula is C16H25NO3S. The van der Waals surface area contributed by atoms with Gasteiger partial charge >= 0.3 is 0 Å². The van der Waals surface area contributed by atoms with Gasteiger partial charge in [0.2, 0.25) is 10.0 Å².